The maximum absolute atomic E-state index is 11.3. The molecule has 0 radical (unpaired) electrons. The topological polar surface area (TPSA) is 63.1 Å². The predicted molar refractivity (Wildman–Crippen MR) is 86.2 cm³/mol. The number of aliphatic carboxylic acids is 1. The van der Waals surface area contributed by atoms with Crippen LogP contribution >= 0.6 is 23.1 Å². The van der Waals surface area contributed by atoms with E-state index in [0.717, 1.165) is 34.0 Å². The summed E-state index contributed by atoms with van der Waals surface area (Å²) in [5, 5.41) is 10.8. The van der Waals surface area contributed by atoms with Crippen LogP contribution in [0.3, 0.4) is 0 Å². The highest BCUT2D eigenvalue weighted by molar-refractivity contribution is 8.00. The maximum Gasteiger partial charge on any atom is 0.317 e. The van der Waals surface area contributed by atoms with E-state index in [4.69, 9.17) is 0 Å². The SMILES string of the molecule is CCC(Sc1ncnc2sc3c(c12)CCC(C)C3)C(=O)O. The van der Waals surface area contributed by atoms with Gasteiger partial charge in [-0.2, -0.15) is 0 Å². The summed E-state index contributed by atoms with van der Waals surface area (Å²) in [6, 6.07) is 0. The Balaban J connectivity index is 2.05. The van der Waals surface area contributed by atoms with Crippen molar-refractivity contribution in [1.29, 1.82) is 0 Å². The lowest BCUT2D eigenvalue weighted by atomic mass is 9.89. The third-order valence-corrected chi connectivity index (χ3v) is 6.47. The van der Waals surface area contributed by atoms with E-state index in [2.05, 4.69) is 16.9 Å². The number of nitrogens with zero attached hydrogens (tertiary/aromatic N) is 2. The number of rotatable bonds is 4. The van der Waals surface area contributed by atoms with Crippen LogP contribution in [-0.2, 0) is 17.6 Å². The molecule has 112 valence electrons. The van der Waals surface area contributed by atoms with Gasteiger partial charge in [-0.3, -0.25) is 4.79 Å². The third kappa shape index (κ3) is 2.79. The summed E-state index contributed by atoms with van der Waals surface area (Å²) in [6.07, 6.45) is 5.51. The molecule has 0 bridgehead atoms. The molecular weight excluding hydrogens is 304 g/mol. The van der Waals surface area contributed by atoms with Crippen molar-refractivity contribution < 1.29 is 9.90 Å². The normalized spacial score (nSPS) is 19.4. The molecule has 3 rings (SSSR count). The van der Waals surface area contributed by atoms with E-state index in [1.165, 1.54) is 28.6 Å². The van der Waals surface area contributed by atoms with E-state index < -0.39 is 11.2 Å². The first-order chi connectivity index (χ1) is 10.1. The summed E-state index contributed by atoms with van der Waals surface area (Å²) in [4.78, 5) is 22.5. The number of thiophene rings is 1. The van der Waals surface area contributed by atoms with E-state index in [-0.39, 0.29) is 0 Å². The van der Waals surface area contributed by atoms with Gasteiger partial charge in [-0.05, 0) is 37.2 Å². The average Bonchev–Trinajstić information content (AvgIpc) is 2.82. The van der Waals surface area contributed by atoms with Gasteiger partial charge >= 0.3 is 5.97 Å². The average molecular weight is 322 g/mol. The number of aryl methyl sites for hydroxylation is 1. The minimum absolute atomic E-state index is 0.443. The van der Waals surface area contributed by atoms with E-state index in [9.17, 15) is 9.90 Å². The smallest absolute Gasteiger partial charge is 0.317 e. The van der Waals surface area contributed by atoms with Crippen LogP contribution in [0.2, 0.25) is 0 Å². The molecule has 0 aliphatic heterocycles. The number of hydrogen-bond donors (Lipinski definition) is 1. The van der Waals surface area contributed by atoms with Crippen molar-refractivity contribution in [3.05, 3.63) is 16.8 Å². The molecule has 1 aliphatic rings. The third-order valence-electron chi connectivity index (χ3n) is 3.96. The highest BCUT2D eigenvalue weighted by Crippen LogP contribution is 2.41. The molecule has 0 spiro atoms. The fourth-order valence-electron chi connectivity index (χ4n) is 2.78. The molecule has 21 heavy (non-hydrogen) atoms. The summed E-state index contributed by atoms with van der Waals surface area (Å²) < 4.78 is 0. The van der Waals surface area contributed by atoms with Gasteiger partial charge < -0.3 is 5.11 Å². The summed E-state index contributed by atoms with van der Waals surface area (Å²) >= 11 is 3.11. The Labute approximate surface area is 132 Å². The Morgan fingerprint density at radius 2 is 2.38 bits per heavy atom. The van der Waals surface area contributed by atoms with Crippen LogP contribution in [0, 0.1) is 5.92 Å². The lowest BCUT2D eigenvalue weighted by Gasteiger charge is -2.18. The van der Waals surface area contributed by atoms with Crippen LogP contribution < -0.4 is 0 Å². The van der Waals surface area contributed by atoms with Crippen molar-refractivity contribution in [3.63, 3.8) is 0 Å². The Bertz CT molecular complexity index is 684. The quantitative estimate of drug-likeness (QED) is 0.686. The molecule has 0 amide bonds. The monoisotopic (exact) mass is 322 g/mol. The van der Waals surface area contributed by atoms with Crippen LogP contribution in [-0.4, -0.2) is 26.3 Å². The lowest BCUT2D eigenvalue weighted by Crippen LogP contribution is -2.15. The van der Waals surface area contributed by atoms with E-state index in [0.29, 0.717) is 6.42 Å². The van der Waals surface area contributed by atoms with Crippen LogP contribution in [0.4, 0.5) is 0 Å². The van der Waals surface area contributed by atoms with Crippen LogP contribution in [0.5, 0.6) is 0 Å². The van der Waals surface area contributed by atoms with Gasteiger partial charge in [-0.1, -0.05) is 25.6 Å². The minimum atomic E-state index is -0.771. The van der Waals surface area contributed by atoms with E-state index in [1.54, 1.807) is 17.7 Å². The molecule has 2 heterocycles. The molecule has 0 aromatic carbocycles. The Hall–Kier alpha value is -1.14. The largest absolute Gasteiger partial charge is 0.480 e. The fraction of sp³-hybridized carbons (Fsp3) is 0.533. The summed E-state index contributed by atoms with van der Waals surface area (Å²) in [5.41, 5.74) is 1.36. The molecule has 1 N–H and O–H groups in total. The summed E-state index contributed by atoms with van der Waals surface area (Å²) in [5.74, 6) is -0.0518. The van der Waals surface area contributed by atoms with Crippen molar-refractivity contribution in [2.24, 2.45) is 5.92 Å². The first-order valence-corrected chi connectivity index (χ1v) is 8.94. The Kier molecular flexibility index (Phi) is 4.17. The zero-order valence-corrected chi connectivity index (χ0v) is 13.8. The number of thioether (sulfide) groups is 1. The van der Waals surface area contributed by atoms with Crippen molar-refractivity contribution in [2.75, 3.05) is 0 Å². The highest BCUT2D eigenvalue weighted by atomic mass is 32.2. The predicted octanol–water partition coefficient (Wildman–Crippen LogP) is 3.77. The first kappa shape index (κ1) is 14.8. The van der Waals surface area contributed by atoms with Gasteiger partial charge in [-0.25, -0.2) is 9.97 Å². The molecule has 0 saturated carbocycles. The standard InChI is InChI=1S/C15H18N2O2S2/c1-3-10(15(18)19)20-13-12-9-5-4-8(2)6-11(9)21-14(12)17-7-16-13/h7-8,10H,3-6H2,1-2H3,(H,18,19). The van der Waals surface area contributed by atoms with E-state index >= 15 is 0 Å². The molecule has 2 unspecified atom stereocenters. The highest BCUT2D eigenvalue weighted by Gasteiger charge is 2.25. The molecule has 0 saturated heterocycles. The second-order valence-electron chi connectivity index (χ2n) is 5.56. The van der Waals surface area contributed by atoms with Crippen molar-refractivity contribution in [3.8, 4) is 0 Å². The number of fused-ring (bicyclic) bond motifs is 3. The zero-order chi connectivity index (χ0) is 15.0. The maximum atomic E-state index is 11.3. The number of aromatic nitrogens is 2. The zero-order valence-electron chi connectivity index (χ0n) is 12.1. The molecule has 2 aromatic heterocycles. The molecule has 2 aromatic rings. The van der Waals surface area contributed by atoms with Crippen LogP contribution in [0.25, 0.3) is 10.2 Å². The molecule has 1 aliphatic carbocycles. The van der Waals surface area contributed by atoms with Gasteiger partial charge in [0, 0.05) is 10.3 Å². The number of carboxylic acid groups (broad SMARTS) is 1. The fourth-order valence-corrected chi connectivity index (χ4v) is 5.18. The summed E-state index contributed by atoms with van der Waals surface area (Å²) in [6.45, 7) is 4.18. The molecule has 4 nitrogen and oxygen atoms in total. The minimum Gasteiger partial charge on any atom is -0.480 e. The number of hydrogen-bond acceptors (Lipinski definition) is 5. The number of carbonyl (C=O) groups is 1. The lowest BCUT2D eigenvalue weighted by molar-refractivity contribution is -0.136. The van der Waals surface area contributed by atoms with Crippen molar-refractivity contribution >= 4 is 39.3 Å². The molecule has 0 fully saturated rings. The van der Waals surface area contributed by atoms with Gasteiger partial charge in [0.2, 0.25) is 0 Å². The molecule has 6 heteroatoms. The summed E-state index contributed by atoms with van der Waals surface area (Å²) in [7, 11) is 0. The molecular formula is C15H18N2O2S2. The van der Waals surface area contributed by atoms with Gasteiger partial charge in [0.15, 0.2) is 0 Å². The second-order valence-corrected chi connectivity index (χ2v) is 7.84. The van der Waals surface area contributed by atoms with Crippen molar-refractivity contribution in [2.45, 2.75) is 49.8 Å². The molecule has 2 atom stereocenters. The second kappa shape index (κ2) is 5.93. The van der Waals surface area contributed by atoms with Gasteiger partial charge in [0.05, 0.1) is 0 Å². The van der Waals surface area contributed by atoms with Gasteiger partial charge in [0.1, 0.15) is 21.4 Å². The van der Waals surface area contributed by atoms with Crippen molar-refractivity contribution in [1.82, 2.24) is 9.97 Å². The van der Waals surface area contributed by atoms with Crippen LogP contribution in [0.1, 0.15) is 37.1 Å². The first-order valence-electron chi connectivity index (χ1n) is 7.24. The number of carboxylic acids is 1. The van der Waals surface area contributed by atoms with E-state index in [1.807, 2.05) is 6.92 Å². The Morgan fingerprint density at radius 3 is 3.10 bits per heavy atom. The van der Waals surface area contributed by atoms with Crippen LogP contribution in [0.15, 0.2) is 11.4 Å². The van der Waals surface area contributed by atoms with Gasteiger partial charge in [-0.15, -0.1) is 11.3 Å². The Morgan fingerprint density at radius 1 is 1.57 bits per heavy atom. The van der Waals surface area contributed by atoms with Gasteiger partial charge in [0.25, 0.3) is 0 Å².